The Hall–Kier alpha value is -3.09. The first-order valence-corrected chi connectivity index (χ1v) is 10.7. The average Bonchev–Trinajstić information content (AvgIpc) is 3.49. The van der Waals surface area contributed by atoms with Crippen LogP contribution in [0.5, 0.6) is 11.5 Å². The summed E-state index contributed by atoms with van der Waals surface area (Å²) in [5.41, 5.74) is 0.660. The Balaban J connectivity index is 1.34. The molecule has 1 N–H and O–H groups in total. The lowest BCUT2D eigenvalue weighted by Gasteiger charge is -2.24. The zero-order valence-electron chi connectivity index (χ0n) is 17.5. The lowest BCUT2D eigenvalue weighted by atomic mass is 10.2. The Morgan fingerprint density at radius 1 is 1.06 bits per heavy atom. The lowest BCUT2D eigenvalue weighted by molar-refractivity contribution is -0.116. The Kier molecular flexibility index (Phi) is 7.37. The predicted molar refractivity (Wildman–Crippen MR) is 119 cm³/mol. The molecule has 2 heterocycles. The Morgan fingerprint density at radius 2 is 1.90 bits per heavy atom. The number of ether oxygens (including phenoxy) is 2. The van der Waals surface area contributed by atoms with E-state index >= 15 is 0 Å². The van der Waals surface area contributed by atoms with Crippen LogP contribution < -0.4 is 10.1 Å². The minimum Gasteiger partial charge on any atom is -0.468 e. The van der Waals surface area contributed by atoms with Crippen LogP contribution in [0.4, 0.5) is 5.69 Å². The number of hydrogen-bond acceptors (Lipinski definition) is 5. The summed E-state index contributed by atoms with van der Waals surface area (Å²) in [6.07, 6.45) is 4.42. The molecule has 6 heteroatoms. The number of benzene rings is 2. The minimum atomic E-state index is -0.0547. The van der Waals surface area contributed by atoms with Crippen LogP contribution in [-0.4, -0.2) is 36.6 Å². The number of hydrogen-bond donors (Lipinski definition) is 1. The second-order valence-corrected chi connectivity index (χ2v) is 7.66. The fourth-order valence-electron chi connectivity index (χ4n) is 3.68. The number of rotatable bonds is 10. The van der Waals surface area contributed by atoms with Crippen molar-refractivity contribution in [2.24, 2.45) is 0 Å². The van der Waals surface area contributed by atoms with Crippen molar-refractivity contribution in [1.82, 2.24) is 4.90 Å². The van der Waals surface area contributed by atoms with Crippen LogP contribution in [0.25, 0.3) is 0 Å². The average molecular weight is 421 g/mol. The Morgan fingerprint density at radius 3 is 2.68 bits per heavy atom. The van der Waals surface area contributed by atoms with Gasteiger partial charge in [-0.15, -0.1) is 0 Å². The molecule has 2 aromatic carbocycles. The molecule has 3 aromatic rings. The predicted octanol–water partition coefficient (Wildman–Crippen LogP) is 5.08. The molecule has 31 heavy (non-hydrogen) atoms. The van der Waals surface area contributed by atoms with E-state index in [4.69, 9.17) is 13.9 Å². The molecule has 1 aliphatic rings. The standard InChI is InChI=1S/C25H28N2O4/c28-25(26-23-12-4-5-13-24(23)31-20-8-2-1-3-9-20)14-15-27(18-21-10-6-16-29-21)19-22-11-7-17-30-22/h1-6,8-10,12-13,16,22H,7,11,14-15,17-19H2,(H,26,28). The van der Waals surface area contributed by atoms with Crippen LogP contribution in [0, 0.1) is 0 Å². The number of carbonyl (C=O) groups excluding carboxylic acids is 1. The zero-order chi connectivity index (χ0) is 21.3. The first kappa shape index (κ1) is 21.2. The maximum absolute atomic E-state index is 12.7. The molecule has 1 unspecified atom stereocenters. The number of anilines is 1. The van der Waals surface area contributed by atoms with Gasteiger partial charge in [0.15, 0.2) is 5.75 Å². The minimum absolute atomic E-state index is 0.0547. The summed E-state index contributed by atoms with van der Waals surface area (Å²) in [4.78, 5) is 14.9. The summed E-state index contributed by atoms with van der Waals surface area (Å²) in [6.45, 7) is 2.89. The largest absolute Gasteiger partial charge is 0.468 e. The molecule has 1 fully saturated rings. The van der Waals surface area contributed by atoms with E-state index < -0.39 is 0 Å². The normalized spacial score (nSPS) is 15.8. The van der Waals surface area contributed by atoms with E-state index in [1.165, 1.54) is 0 Å². The monoisotopic (exact) mass is 420 g/mol. The number of furan rings is 1. The zero-order valence-corrected chi connectivity index (χ0v) is 17.5. The quantitative estimate of drug-likeness (QED) is 0.495. The molecule has 1 amide bonds. The van der Waals surface area contributed by atoms with Gasteiger partial charge in [0.2, 0.25) is 5.91 Å². The molecule has 0 aliphatic carbocycles. The number of para-hydroxylation sites is 3. The smallest absolute Gasteiger partial charge is 0.225 e. The van der Waals surface area contributed by atoms with Crippen LogP contribution in [-0.2, 0) is 16.1 Å². The number of carbonyl (C=O) groups is 1. The highest BCUT2D eigenvalue weighted by Gasteiger charge is 2.21. The van der Waals surface area contributed by atoms with Crippen LogP contribution in [0.2, 0.25) is 0 Å². The van der Waals surface area contributed by atoms with Gasteiger partial charge in [-0.3, -0.25) is 9.69 Å². The highest BCUT2D eigenvalue weighted by molar-refractivity contribution is 5.92. The first-order valence-electron chi connectivity index (χ1n) is 10.7. The summed E-state index contributed by atoms with van der Waals surface area (Å²) in [7, 11) is 0. The van der Waals surface area contributed by atoms with Gasteiger partial charge in [0.1, 0.15) is 11.5 Å². The van der Waals surface area contributed by atoms with E-state index in [2.05, 4.69) is 10.2 Å². The van der Waals surface area contributed by atoms with Crippen LogP contribution in [0.15, 0.2) is 77.4 Å². The summed E-state index contributed by atoms with van der Waals surface area (Å²) in [5, 5.41) is 2.99. The fourth-order valence-corrected chi connectivity index (χ4v) is 3.68. The van der Waals surface area contributed by atoms with Crippen LogP contribution in [0.3, 0.4) is 0 Å². The van der Waals surface area contributed by atoms with Crippen LogP contribution >= 0.6 is 0 Å². The molecule has 0 saturated carbocycles. The topological polar surface area (TPSA) is 63.9 Å². The van der Waals surface area contributed by atoms with E-state index in [9.17, 15) is 4.79 Å². The van der Waals surface area contributed by atoms with Gasteiger partial charge in [0.05, 0.1) is 24.6 Å². The number of nitrogens with one attached hydrogen (secondary N) is 1. The molecule has 4 rings (SSSR count). The van der Waals surface area contributed by atoms with E-state index in [0.717, 1.165) is 37.5 Å². The van der Waals surface area contributed by atoms with Crippen molar-refractivity contribution in [3.8, 4) is 11.5 Å². The molecule has 162 valence electrons. The molecular formula is C25H28N2O4. The van der Waals surface area contributed by atoms with Crippen LogP contribution in [0.1, 0.15) is 25.0 Å². The maximum atomic E-state index is 12.7. The Labute approximate surface area is 182 Å². The van der Waals surface area contributed by atoms with Gasteiger partial charge < -0.3 is 19.2 Å². The third-order valence-corrected chi connectivity index (χ3v) is 5.23. The summed E-state index contributed by atoms with van der Waals surface area (Å²) in [6, 6.07) is 20.9. The Bertz CT molecular complexity index is 937. The molecule has 1 atom stereocenters. The van der Waals surface area contributed by atoms with E-state index in [1.54, 1.807) is 6.26 Å². The van der Waals surface area contributed by atoms with Crippen molar-refractivity contribution in [2.45, 2.75) is 31.9 Å². The van der Waals surface area contributed by atoms with Gasteiger partial charge in [-0.2, -0.15) is 0 Å². The second kappa shape index (κ2) is 10.8. The SMILES string of the molecule is O=C(CCN(Cc1ccco1)CC1CCCO1)Nc1ccccc1Oc1ccccc1. The summed E-state index contributed by atoms with van der Waals surface area (Å²) >= 11 is 0. The van der Waals surface area contributed by atoms with Gasteiger partial charge in [-0.05, 0) is 49.2 Å². The van der Waals surface area contributed by atoms with E-state index in [-0.39, 0.29) is 12.0 Å². The van der Waals surface area contributed by atoms with Crippen molar-refractivity contribution in [2.75, 3.05) is 25.0 Å². The van der Waals surface area contributed by atoms with Gasteiger partial charge >= 0.3 is 0 Å². The van der Waals surface area contributed by atoms with Crippen molar-refractivity contribution < 1.29 is 18.7 Å². The first-order chi connectivity index (χ1) is 15.3. The highest BCUT2D eigenvalue weighted by atomic mass is 16.5. The molecule has 0 spiro atoms. The molecule has 0 radical (unpaired) electrons. The van der Waals surface area contributed by atoms with Gasteiger partial charge in [0.25, 0.3) is 0 Å². The van der Waals surface area contributed by atoms with Gasteiger partial charge in [-0.25, -0.2) is 0 Å². The highest BCUT2D eigenvalue weighted by Crippen LogP contribution is 2.29. The molecule has 6 nitrogen and oxygen atoms in total. The lowest BCUT2D eigenvalue weighted by Crippen LogP contribution is -2.34. The fraction of sp³-hybridized carbons (Fsp3) is 0.320. The molecular weight excluding hydrogens is 392 g/mol. The third kappa shape index (κ3) is 6.44. The molecule has 0 bridgehead atoms. The van der Waals surface area contributed by atoms with Crippen molar-refractivity contribution >= 4 is 11.6 Å². The van der Waals surface area contributed by atoms with E-state index in [0.29, 0.717) is 30.9 Å². The molecule has 1 aliphatic heterocycles. The maximum Gasteiger partial charge on any atom is 0.225 e. The van der Waals surface area contributed by atoms with Crippen molar-refractivity contribution in [3.05, 3.63) is 78.8 Å². The van der Waals surface area contributed by atoms with E-state index in [1.807, 2.05) is 66.7 Å². The second-order valence-electron chi connectivity index (χ2n) is 7.66. The molecule has 1 aromatic heterocycles. The van der Waals surface area contributed by atoms with Crippen molar-refractivity contribution in [3.63, 3.8) is 0 Å². The number of nitrogens with zero attached hydrogens (tertiary/aromatic N) is 1. The summed E-state index contributed by atoms with van der Waals surface area (Å²) in [5.74, 6) is 2.18. The van der Waals surface area contributed by atoms with Gasteiger partial charge in [-0.1, -0.05) is 30.3 Å². The van der Waals surface area contributed by atoms with Crippen molar-refractivity contribution in [1.29, 1.82) is 0 Å². The van der Waals surface area contributed by atoms with Gasteiger partial charge in [0, 0.05) is 26.1 Å². The third-order valence-electron chi connectivity index (χ3n) is 5.23. The summed E-state index contributed by atoms with van der Waals surface area (Å²) < 4.78 is 17.2. The molecule has 1 saturated heterocycles. The number of amides is 1.